The van der Waals surface area contributed by atoms with Gasteiger partial charge in [0.15, 0.2) is 0 Å². The Bertz CT molecular complexity index is 1310. The van der Waals surface area contributed by atoms with Gasteiger partial charge in [0.25, 0.3) is 5.91 Å². The minimum Gasteiger partial charge on any atom is -0.497 e. The molecule has 4 rings (SSSR count). The molecule has 7 nitrogen and oxygen atoms in total. The van der Waals surface area contributed by atoms with Gasteiger partial charge >= 0.3 is 0 Å². The van der Waals surface area contributed by atoms with Gasteiger partial charge in [-0.05, 0) is 64.3 Å². The van der Waals surface area contributed by atoms with Gasteiger partial charge in [0, 0.05) is 29.5 Å². The molecule has 0 aliphatic rings. The van der Waals surface area contributed by atoms with Crippen molar-refractivity contribution >= 4 is 44.2 Å². The third-order valence-corrected chi connectivity index (χ3v) is 7.10. The van der Waals surface area contributed by atoms with Crippen molar-refractivity contribution in [2.45, 2.75) is 12.8 Å². The van der Waals surface area contributed by atoms with Crippen LogP contribution in [0.25, 0.3) is 10.6 Å². The SMILES string of the molecule is COc1ccc(-c2nnc(NC(=O)CCN(CCc3ccccc3)C(=O)c3ccccc3Br)s2)cc1. The Morgan fingerprint density at radius 2 is 1.67 bits per heavy atom. The molecular formula is C27H25BrN4O3S. The third-order valence-electron chi connectivity index (χ3n) is 5.52. The summed E-state index contributed by atoms with van der Waals surface area (Å²) >= 11 is 4.76. The molecule has 4 aromatic rings. The fourth-order valence-electron chi connectivity index (χ4n) is 3.57. The largest absolute Gasteiger partial charge is 0.497 e. The van der Waals surface area contributed by atoms with Gasteiger partial charge in [-0.15, -0.1) is 10.2 Å². The quantitative estimate of drug-likeness (QED) is 0.267. The number of carbonyl (C=O) groups is 2. The molecule has 0 atom stereocenters. The molecule has 0 fully saturated rings. The van der Waals surface area contributed by atoms with E-state index in [1.807, 2.05) is 72.8 Å². The van der Waals surface area contributed by atoms with Crippen LogP contribution in [0.5, 0.6) is 5.75 Å². The maximum atomic E-state index is 13.3. The number of halogens is 1. The van der Waals surface area contributed by atoms with E-state index in [1.165, 1.54) is 11.3 Å². The van der Waals surface area contributed by atoms with E-state index in [0.717, 1.165) is 21.3 Å². The van der Waals surface area contributed by atoms with E-state index in [2.05, 4.69) is 31.4 Å². The number of aromatic nitrogens is 2. The number of hydrogen-bond acceptors (Lipinski definition) is 6. The Hall–Kier alpha value is -3.56. The van der Waals surface area contributed by atoms with E-state index in [4.69, 9.17) is 4.74 Å². The highest BCUT2D eigenvalue weighted by atomic mass is 79.9. The lowest BCUT2D eigenvalue weighted by Crippen LogP contribution is -2.35. The van der Waals surface area contributed by atoms with Gasteiger partial charge < -0.3 is 15.0 Å². The molecule has 0 aliphatic heterocycles. The van der Waals surface area contributed by atoms with Crippen LogP contribution in [-0.4, -0.2) is 47.1 Å². The van der Waals surface area contributed by atoms with Gasteiger partial charge in [0.2, 0.25) is 11.0 Å². The smallest absolute Gasteiger partial charge is 0.255 e. The van der Waals surface area contributed by atoms with Gasteiger partial charge in [0.1, 0.15) is 10.8 Å². The van der Waals surface area contributed by atoms with E-state index in [0.29, 0.717) is 28.7 Å². The number of amides is 2. The summed E-state index contributed by atoms with van der Waals surface area (Å²) in [5.74, 6) is 0.409. The maximum absolute atomic E-state index is 13.3. The molecule has 1 aromatic heterocycles. The van der Waals surface area contributed by atoms with Crippen molar-refractivity contribution in [2.24, 2.45) is 0 Å². The number of methoxy groups -OCH3 is 1. The molecule has 184 valence electrons. The number of nitrogens with zero attached hydrogens (tertiary/aromatic N) is 3. The summed E-state index contributed by atoms with van der Waals surface area (Å²) in [4.78, 5) is 27.7. The third kappa shape index (κ3) is 6.77. The molecular weight excluding hydrogens is 540 g/mol. The Morgan fingerprint density at radius 3 is 2.39 bits per heavy atom. The Balaban J connectivity index is 1.39. The highest BCUT2D eigenvalue weighted by Gasteiger charge is 2.19. The molecule has 3 aromatic carbocycles. The maximum Gasteiger partial charge on any atom is 0.255 e. The summed E-state index contributed by atoms with van der Waals surface area (Å²) in [7, 11) is 1.61. The molecule has 0 saturated carbocycles. The van der Waals surface area contributed by atoms with E-state index in [-0.39, 0.29) is 24.8 Å². The molecule has 0 unspecified atom stereocenters. The molecule has 1 N–H and O–H groups in total. The van der Waals surface area contributed by atoms with Crippen LogP contribution in [0.4, 0.5) is 5.13 Å². The van der Waals surface area contributed by atoms with Gasteiger partial charge in [-0.3, -0.25) is 9.59 Å². The lowest BCUT2D eigenvalue weighted by atomic mass is 10.1. The second kappa shape index (κ2) is 12.4. The van der Waals surface area contributed by atoms with Crippen molar-refractivity contribution in [2.75, 3.05) is 25.5 Å². The zero-order valence-electron chi connectivity index (χ0n) is 19.7. The van der Waals surface area contributed by atoms with Crippen LogP contribution >= 0.6 is 27.3 Å². The van der Waals surface area contributed by atoms with Gasteiger partial charge in [-0.1, -0.05) is 53.8 Å². The van der Waals surface area contributed by atoms with Gasteiger partial charge in [-0.2, -0.15) is 0 Å². The normalized spacial score (nSPS) is 10.6. The predicted octanol–water partition coefficient (Wildman–Crippen LogP) is 5.69. The number of rotatable bonds is 10. The van der Waals surface area contributed by atoms with Crippen molar-refractivity contribution in [3.05, 3.63) is 94.5 Å². The summed E-state index contributed by atoms with van der Waals surface area (Å²) in [5.41, 5.74) is 2.59. The number of benzene rings is 3. The first-order valence-corrected chi connectivity index (χ1v) is 13.0. The monoisotopic (exact) mass is 564 g/mol. The number of hydrogen-bond donors (Lipinski definition) is 1. The zero-order chi connectivity index (χ0) is 25.3. The average molecular weight is 565 g/mol. The Morgan fingerprint density at radius 1 is 0.944 bits per heavy atom. The minimum absolute atomic E-state index is 0.121. The van der Waals surface area contributed by atoms with E-state index in [9.17, 15) is 9.59 Å². The molecule has 36 heavy (non-hydrogen) atoms. The lowest BCUT2D eigenvalue weighted by molar-refractivity contribution is -0.116. The van der Waals surface area contributed by atoms with Crippen LogP contribution in [0.3, 0.4) is 0 Å². The molecule has 0 saturated heterocycles. The molecule has 0 bridgehead atoms. The fourth-order valence-corrected chi connectivity index (χ4v) is 4.79. The first-order valence-electron chi connectivity index (χ1n) is 11.4. The molecule has 0 radical (unpaired) electrons. The first kappa shape index (κ1) is 25.5. The fraction of sp³-hybridized carbons (Fsp3) is 0.185. The molecule has 9 heteroatoms. The van der Waals surface area contributed by atoms with E-state index in [1.54, 1.807) is 18.1 Å². The van der Waals surface area contributed by atoms with Crippen LogP contribution in [0.2, 0.25) is 0 Å². The highest BCUT2D eigenvalue weighted by molar-refractivity contribution is 9.10. The summed E-state index contributed by atoms with van der Waals surface area (Å²) in [6.07, 6.45) is 0.836. The average Bonchev–Trinajstić information content (AvgIpc) is 3.37. The van der Waals surface area contributed by atoms with Crippen molar-refractivity contribution in [3.8, 4) is 16.3 Å². The standard InChI is InChI=1S/C27H25BrN4O3S/c1-35-21-13-11-20(12-14-21)25-30-31-27(36-25)29-24(33)16-18-32(17-15-19-7-3-2-4-8-19)26(34)22-9-5-6-10-23(22)28/h2-14H,15-18H2,1H3,(H,29,31,33). The molecule has 1 heterocycles. The van der Waals surface area contributed by atoms with Crippen LogP contribution in [-0.2, 0) is 11.2 Å². The van der Waals surface area contributed by atoms with Crippen molar-refractivity contribution in [1.29, 1.82) is 0 Å². The number of ether oxygens (including phenoxy) is 1. The first-order chi connectivity index (χ1) is 17.5. The second-order valence-corrected chi connectivity index (χ2v) is 9.78. The lowest BCUT2D eigenvalue weighted by Gasteiger charge is -2.23. The highest BCUT2D eigenvalue weighted by Crippen LogP contribution is 2.28. The minimum atomic E-state index is -0.225. The van der Waals surface area contributed by atoms with Crippen molar-refractivity contribution in [1.82, 2.24) is 15.1 Å². The van der Waals surface area contributed by atoms with Crippen molar-refractivity contribution < 1.29 is 14.3 Å². The Kier molecular flexibility index (Phi) is 8.80. The van der Waals surface area contributed by atoms with Crippen molar-refractivity contribution in [3.63, 3.8) is 0 Å². The summed E-state index contributed by atoms with van der Waals surface area (Å²) < 4.78 is 5.91. The topological polar surface area (TPSA) is 84.4 Å². The van der Waals surface area contributed by atoms with Gasteiger partial charge in [0.05, 0.1) is 12.7 Å². The number of nitrogens with one attached hydrogen (secondary N) is 1. The summed E-state index contributed by atoms with van der Waals surface area (Å²) in [5, 5.41) is 12.2. The summed E-state index contributed by atoms with van der Waals surface area (Å²) in [6.45, 7) is 0.779. The Labute approximate surface area is 222 Å². The van der Waals surface area contributed by atoms with E-state index >= 15 is 0 Å². The predicted molar refractivity (Wildman–Crippen MR) is 145 cm³/mol. The zero-order valence-corrected chi connectivity index (χ0v) is 22.1. The molecule has 0 spiro atoms. The van der Waals surface area contributed by atoms with Gasteiger partial charge in [-0.25, -0.2) is 0 Å². The van der Waals surface area contributed by atoms with Crippen LogP contribution < -0.4 is 10.1 Å². The summed E-state index contributed by atoms with van der Waals surface area (Å²) in [6, 6.07) is 24.8. The van der Waals surface area contributed by atoms with E-state index < -0.39 is 0 Å². The van der Waals surface area contributed by atoms with Crippen LogP contribution in [0.1, 0.15) is 22.3 Å². The van der Waals surface area contributed by atoms with Crippen LogP contribution in [0, 0.1) is 0 Å². The molecule has 2 amide bonds. The van der Waals surface area contributed by atoms with Crippen LogP contribution in [0.15, 0.2) is 83.3 Å². The number of carbonyl (C=O) groups excluding carboxylic acids is 2. The number of anilines is 1. The molecule has 0 aliphatic carbocycles. The second-order valence-electron chi connectivity index (χ2n) is 7.95.